The molecule has 1 heterocycles. The number of halogens is 9. The predicted molar refractivity (Wildman–Crippen MR) is 84.2 cm³/mol. The molecule has 0 aliphatic heterocycles. The molecule has 29 heavy (non-hydrogen) atoms. The lowest BCUT2D eigenvalue weighted by atomic mass is 10.00. The third kappa shape index (κ3) is 3.12. The van der Waals surface area contributed by atoms with Crippen molar-refractivity contribution in [2.24, 2.45) is 0 Å². The van der Waals surface area contributed by atoms with Crippen LogP contribution in [0.3, 0.4) is 0 Å². The zero-order valence-electron chi connectivity index (χ0n) is 14.5. The van der Waals surface area contributed by atoms with Gasteiger partial charge >= 0.3 is 0 Å². The minimum Gasteiger partial charge on any atom is -0.247 e. The predicted octanol–water partition coefficient (Wildman–Crippen LogP) is 6.28. The fourth-order valence-corrected chi connectivity index (χ4v) is 2.80. The molecule has 3 aromatic rings. The molecule has 0 aliphatic carbocycles. The monoisotopic (exact) mass is 421 g/mol. The quantitative estimate of drug-likeness (QED) is 0.270. The minimum absolute atomic E-state index is 0.0814. The fraction of sp³-hybridized carbons (Fsp3) is 0.105. The number of aromatic nitrogens is 1. The maximum atomic E-state index is 14.3. The third-order valence-corrected chi connectivity index (χ3v) is 4.19. The van der Waals surface area contributed by atoms with Gasteiger partial charge in [-0.15, -0.1) is 0 Å². The number of aryl methyl sites for hydroxylation is 1. The van der Waals surface area contributed by atoms with Crippen LogP contribution in [0.15, 0.2) is 12.1 Å². The number of hydrogen-bond acceptors (Lipinski definition) is 1. The molecule has 1 aromatic heterocycles. The molecular formula is C19H8F9N. The van der Waals surface area contributed by atoms with Gasteiger partial charge < -0.3 is 0 Å². The number of nitrogens with zero attached hydrogens (tertiary/aromatic N) is 1. The molecule has 152 valence electrons. The summed E-state index contributed by atoms with van der Waals surface area (Å²) in [5.41, 5.74) is -4.31. The van der Waals surface area contributed by atoms with Gasteiger partial charge in [0.2, 0.25) is 5.82 Å². The summed E-state index contributed by atoms with van der Waals surface area (Å²) < 4.78 is 124. The molecule has 10 heteroatoms. The number of hydrogen-bond donors (Lipinski definition) is 0. The highest BCUT2D eigenvalue weighted by molar-refractivity contribution is 5.71. The van der Waals surface area contributed by atoms with Crippen molar-refractivity contribution in [1.82, 2.24) is 4.98 Å². The van der Waals surface area contributed by atoms with Crippen molar-refractivity contribution < 1.29 is 39.5 Å². The van der Waals surface area contributed by atoms with Crippen LogP contribution < -0.4 is 0 Å². The highest BCUT2D eigenvalue weighted by Gasteiger charge is 2.29. The normalized spacial score (nSPS) is 11.3. The Morgan fingerprint density at radius 2 is 0.828 bits per heavy atom. The topological polar surface area (TPSA) is 12.9 Å². The molecule has 3 rings (SSSR count). The van der Waals surface area contributed by atoms with Gasteiger partial charge in [0.1, 0.15) is 0 Å². The summed E-state index contributed by atoms with van der Waals surface area (Å²) in [5, 5.41) is 0. The van der Waals surface area contributed by atoms with E-state index < -0.39 is 80.4 Å². The molecule has 0 saturated carbocycles. The molecule has 0 spiro atoms. The van der Waals surface area contributed by atoms with Crippen LogP contribution in [0.4, 0.5) is 39.5 Å². The highest BCUT2D eigenvalue weighted by atomic mass is 19.2. The molecular weight excluding hydrogens is 413 g/mol. The van der Waals surface area contributed by atoms with Crippen LogP contribution in [-0.4, -0.2) is 4.98 Å². The Morgan fingerprint density at radius 1 is 0.483 bits per heavy atom. The van der Waals surface area contributed by atoms with E-state index in [1.807, 2.05) is 0 Å². The first kappa shape index (κ1) is 20.7. The van der Waals surface area contributed by atoms with Crippen molar-refractivity contribution in [2.75, 3.05) is 0 Å². The minimum atomic E-state index is -2.39. The third-order valence-electron chi connectivity index (χ3n) is 4.19. The van der Waals surface area contributed by atoms with Gasteiger partial charge in [-0.05, 0) is 31.5 Å². The molecule has 0 fully saturated rings. The first-order valence-corrected chi connectivity index (χ1v) is 7.80. The molecule has 0 N–H and O–H groups in total. The van der Waals surface area contributed by atoms with Crippen LogP contribution in [-0.2, 0) is 0 Å². The summed E-state index contributed by atoms with van der Waals surface area (Å²) in [4.78, 5) is 3.61. The number of rotatable bonds is 2. The Hall–Kier alpha value is -3.04. The maximum absolute atomic E-state index is 14.3. The summed E-state index contributed by atoms with van der Waals surface area (Å²) in [7, 11) is 0. The Balaban J connectivity index is 2.37. The standard InChI is InChI=1S/C19H8F9N/c1-5-3-7(9-6(2)11(20)15(24)16(25)12(9)21)29-8(4-5)10-13(22)17(26)19(28)18(27)14(10)23/h3-4H,1-2H3. The van der Waals surface area contributed by atoms with Crippen molar-refractivity contribution in [2.45, 2.75) is 13.8 Å². The average Bonchev–Trinajstić information content (AvgIpc) is 2.67. The van der Waals surface area contributed by atoms with Crippen LogP contribution in [0.1, 0.15) is 11.1 Å². The molecule has 2 aromatic carbocycles. The first-order chi connectivity index (χ1) is 13.5. The zero-order chi connectivity index (χ0) is 21.8. The molecule has 0 unspecified atom stereocenters. The zero-order valence-corrected chi connectivity index (χ0v) is 14.5. The lowest BCUT2D eigenvalue weighted by molar-refractivity contribution is 0.381. The van der Waals surface area contributed by atoms with E-state index in [2.05, 4.69) is 4.98 Å². The van der Waals surface area contributed by atoms with Gasteiger partial charge in [-0.3, -0.25) is 0 Å². The molecule has 0 saturated heterocycles. The van der Waals surface area contributed by atoms with E-state index in [0.717, 1.165) is 19.1 Å². The van der Waals surface area contributed by atoms with Crippen LogP contribution in [0.25, 0.3) is 22.5 Å². The van der Waals surface area contributed by atoms with E-state index in [1.54, 1.807) is 0 Å². The number of pyridine rings is 1. The van der Waals surface area contributed by atoms with E-state index in [9.17, 15) is 39.5 Å². The van der Waals surface area contributed by atoms with Crippen LogP contribution >= 0.6 is 0 Å². The second-order valence-electron chi connectivity index (χ2n) is 6.12. The van der Waals surface area contributed by atoms with Crippen LogP contribution in [0.5, 0.6) is 0 Å². The lowest BCUT2D eigenvalue weighted by Crippen LogP contribution is -2.07. The summed E-state index contributed by atoms with van der Waals surface area (Å²) >= 11 is 0. The molecule has 1 nitrogen and oxygen atoms in total. The van der Waals surface area contributed by atoms with Gasteiger partial charge in [-0.1, -0.05) is 0 Å². The SMILES string of the molecule is Cc1cc(-c2c(C)c(F)c(F)c(F)c2F)nc(-c2c(F)c(F)c(F)c(F)c2F)c1. The summed E-state index contributed by atoms with van der Waals surface area (Å²) in [6.45, 7) is 2.20. The summed E-state index contributed by atoms with van der Waals surface area (Å²) in [6.07, 6.45) is 0. The Labute approximate surface area is 157 Å². The first-order valence-electron chi connectivity index (χ1n) is 7.80. The second-order valence-corrected chi connectivity index (χ2v) is 6.12. The maximum Gasteiger partial charge on any atom is 0.200 e. The van der Waals surface area contributed by atoms with Crippen molar-refractivity contribution in [3.05, 3.63) is 75.6 Å². The fourth-order valence-electron chi connectivity index (χ4n) is 2.80. The van der Waals surface area contributed by atoms with E-state index in [4.69, 9.17) is 0 Å². The molecule has 0 amide bonds. The number of benzene rings is 2. The Morgan fingerprint density at radius 3 is 1.31 bits per heavy atom. The summed E-state index contributed by atoms with van der Waals surface area (Å²) in [6, 6.07) is 1.96. The lowest BCUT2D eigenvalue weighted by Gasteiger charge is -2.13. The van der Waals surface area contributed by atoms with Crippen molar-refractivity contribution in [1.29, 1.82) is 0 Å². The molecule has 0 atom stereocenters. The molecule has 0 bridgehead atoms. The van der Waals surface area contributed by atoms with Gasteiger partial charge in [-0.25, -0.2) is 44.5 Å². The summed E-state index contributed by atoms with van der Waals surface area (Å²) in [5.74, 6) is -19.0. The van der Waals surface area contributed by atoms with Crippen molar-refractivity contribution in [3.8, 4) is 22.5 Å². The van der Waals surface area contributed by atoms with E-state index in [1.165, 1.54) is 6.92 Å². The van der Waals surface area contributed by atoms with Gasteiger partial charge in [0.05, 0.1) is 17.0 Å². The molecule has 0 aliphatic rings. The van der Waals surface area contributed by atoms with E-state index in [-0.39, 0.29) is 5.56 Å². The van der Waals surface area contributed by atoms with Crippen LogP contribution in [0.2, 0.25) is 0 Å². The van der Waals surface area contributed by atoms with Gasteiger partial charge in [0, 0.05) is 11.1 Å². The smallest absolute Gasteiger partial charge is 0.200 e. The largest absolute Gasteiger partial charge is 0.247 e. The second kappa shape index (κ2) is 7.09. The average molecular weight is 421 g/mol. The van der Waals surface area contributed by atoms with Gasteiger partial charge in [0.15, 0.2) is 46.5 Å². The van der Waals surface area contributed by atoms with Crippen molar-refractivity contribution >= 4 is 0 Å². The van der Waals surface area contributed by atoms with Gasteiger partial charge in [-0.2, -0.15) is 0 Å². The van der Waals surface area contributed by atoms with Crippen molar-refractivity contribution in [3.63, 3.8) is 0 Å². The Bertz CT molecular complexity index is 1030. The molecule has 0 radical (unpaired) electrons. The highest BCUT2D eigenvalue weighted by Crippen LogP contribution is 2.35. The Kier molecular flexibility index (Phi) is 5.06. The van der Waals surface area contributed by atoms with Crippen LogP contribution in [0, 0.1) is 66.2 Å². The van der Waals surface area contributed by atoms with E-state index >= 15 is 0 Å². The van der Waals surface area contributed by atoms with E-state index in [0.29, 0.717) is 0 Å². The van der Waals surface area contributed by atoms with Gasteiger partial charge in [0.25, 0.3) is 0 Å².